The summed E-state index contributed by atoms with van der Waals surface area (Å²) in [6, 6.07) is 7.19. The minimum atomic E-state index is -1.07. The van der Waals surface area contributed by atoms with E-state index >= 15 is 0 Å². The van der Waals surface area contributed by atoms with E-state index in [-0.39, 0.29) is 47.5 Å². The zero-order valence-electron chi connectivity index (χ0n) is 41.4. The molecule has 2 heterocycles. The number of aliphatic hydroxyl groups excluding tert-OH is 1. The Bertz CT molecular complexity index is 2150. The molecule has 2 aromatic carbocycles. The van der Waals surface area contributed by atoms with Gasteiger partial charge in [0.2, 0.25) is 29.5 Å². The van der Waals surface area contributed by atoms with Crippen LogP contribution in [0.5, 0.6) is 0 Å². The van der Waals surface area contributed by atoms with Crippen molar-refractivity contribution >= 4 is 41.1 Å². The summed E-state index contributed by atoms with van der Waals surface area (Å²) in [5, 5.41) is 33.3. The van der Waals surface area contributed by atoms with Crippen LogP contribution in [0.2, 0.25) is 0 Å². The number of likely N-dealkylation sites (tertiary alicyclic amines) is 2. The van der Waals surface area contributed by atoms with Crippen molar-refractivity contribution in [3.63, 3.8) is 0 Å². The van der Waals surface area contributed by atoms with E-state index in [2.05, 4.69) is 37.2 Å². The van der Waals surface area contributed by atoms with Gasteiger partial charge in [-0.25, -0.2) is 0 Å². The number of benzene rings is 2. The van der Waals surface area contributed by atoms with Crippen molar-refractivity contribution in [3.8, 4) is 0 Å². The smallest absolute Gasteiger partial charge is 0.255 e. The normalized spacial score (nSPS) is 23.1. The van der Waals surface area contributed by atoms with Crippen LogP contribution in [0.3, 0.4) is 0 Å². The SMILES string of the molecule is CN[C@@H](C)C(=O)N[C@H](C(=O)N1CCC[C@H]1C(=O)N[C@@H]1CCCc2c(C(=O)Nc3cccc4c3CCC[C@H]4NC(=O)[C@@H]3CCCN3C(O)[C@@H](NC(=O)[C@H](C)NC)C(C)(C)C)cccc21)C(C)(C)C. The Hall–Kier alpha value is -4.90. The molecule has 0 aromatic heterocycles. The largest absolute Gasteiger partial charge is 0.376 e. The summed E-state index contributed by atoms with van der Waals surface area (Å²) < 4.78 is 0. The summed E-state index contributed by atoms with van der Waals surface area (Å²) in [4.78, 5) is 85.8. The first-order valence-electron chi connectivity index (χ1n) is 24.5. The predicted molar refractivity (Wildman–Crippen MR) is 259 cm³/mol. The van der Waals surface area contributed by atoms with Gasteiger partial charge >= 0.3 is 0 Å². The second kappa shape index (κ2) is 21.6. The van der Waals surface area contributed by atoms with Crippen LogP contribution in [-0.2, 0) is 36.8 Å². The molecule has 0 radical (unpaired) electrons. The first-order valence-corrected chi connectivity index (χ1v) is 24.5. The molecular formula is C51H77N9O7. The van der Waals surface area contributed by atoms with Crippen molar-refractivity contribution in [1.82, 2.24) is 41.7 Å². The monoisotopic (exact) mass is 928 g/mol. The molecule has 9 atom stereocenters. The van der Waals surface area contributed by atoms with Gasteiger partial charge in [0.15, 0.2) is 0 Å². The summed E-state index contributed by atoms with van der Waals surface area (Å²) in [5.74, 6) is -1.44. The summed E-state index contributed by atoms with van der Waals surface area (Å²) in [5.41, 5.74) is 3.84. The first kappa shape index (κ1) is 51.5. The maximum Gasteiger partial charge on any atom is 0.255 e. The quantitative estimate of drug-likeness (QED) is 0.129. The van der Waals surface area contributed by atoms with E-state index < -0.39 is 53.3 Å². The highest BCUT2D eigenvalue weighted by Crippen LogP contribution is 2.37. The number of hydrogen-bond donors (Lipinski definition) is 8. The van der Waals surface area contributed by atoms with E-state index in [1.54, 1.807) is 32.8 Å². The number of nitrogens with one attached hydrogen (secondary N) is 7. The molecule has 2 aliphatic heterocycles. The molecule has 4 aliphatic rings. The number of fused-ring (bicyclic) bond motifs is 2. The van der Waals surface area contributed by atoms with Gasteiger partial charge in [-0.2, -0.15) is 0 Å². The average molecular weight is 928 g/mol. The highest BCUT2D eigenvalue weighted by atomic mass is 16.3. The maximum atomic E-state index is 14.3. The van der Waals surface area contributed by atoms with Gasteiger partial charge in [-0.3, -0.25) is 33.7 Å². The van der Waals surface area contributed by atoms with Crippen molar-refractivity contribution in [3.05, 3.63) is 64.2 Å². The van der Waals surface area contributed by atoms with Crippen LogP contribution < -0.4 is 37.2 Å². The van der Waals surface area contributed by atoms with Crippen molar-refractivity contribution in [2.45, 2.75) is 174 Å². The lowest BCUT2D eigenvalue weighted by molar-refractivity contribution is -0.144. The maximum absolute atomic E-state index is 14.3. The van der Waals surface area contributed by atoms with Crippen LogP contribution >= 0.6 is 0 Å². The van der Waals surface area contributed by atoms with Crippen LogP contribution in [0.1, 0.15) is 151 Å². The Labute approximate surface area is 397 Å². The minimum absolute atomic E-state index is 0.173. The Morgan fingerprint density at radius 1 is 0.657 bits per heavy atom. The van der Waals surface area contributed by atoms with Gasteiger partial charge in [-0.05, 0) is 137 Å². The van der Waals surface area contributed by atoms with E-state index in [4.69, 9.17) is 0 Å². The van der Waals surface area contributed by atoms with Crippen molar-refractivity contribution in [2.24, 2.45) is 10.8 Å². The van der Waals surface area contributed by atoms with E-state index in [0.29, 0.717) is 56.4 Å². The van der Waals surface area contributed by atoms with Crippen LogP contribution in [0, 0.1) is 10.8 Å². The van der Waals surface area contributed by atoms with Gasteiger partial charge in [0.25, 0.3) is 5.91 Å². The van der Waals surface area contributed by atoms with Crippen LogP contribution in [-0.4, -0.2) is 120 Å². The zero-order valence-corrected chi connectivity index (χ0v) is 41.4. The topological polar surface area (TPSA) is 213 Å². The van der Waals surface area contributed by atoms with Gasteiger partial charge in [0, 0.05) is 24.3 Å². The Balaban J connectivity index is 1.14. The fraction of sp³-hybridized carbons (Fsp3) is 0.647. The Morgan fingerprint density at radius 2 is 1.19 bits per heavy atom. The number of nitrogens with zero attached hydrogens (tertiary/aromatic N) is 2. The second-order valence-corrected chi connectivity index (χ2v) is 21.3. The molecule has 0 saturated carbocycles. The van der Waals surface area contributed by atoms with Crippen LogP contribution in [0.15, 0.2) is 36.4 Å². The number of hydrogen-bond acceptors (Lipinski definition) is 10. The standard InChI is InChI=1S/C51H77N9O7/c1-29(52-9)43(61)57-41(50(3,4)5)48(66)59-27-15-25-39(59)46(64)55-36-22-12-17-31-32(36)18-11-21-35(31)45(63)54-37-23-13-20-34-33(37)19-14-24-38(34)56-47(65)40-26-16-28-60(40)49(67)42(51(6,7)8)58-44(62)30(2)53-10/h11,13,18,20-21,23,29-30,36,38-42,49,52-53,67H,12,14-17,19,22,24-28H2,1-10H3,(H,54,63)(H,55,64)(H,56,65)(H,57,61)(H,58,62)/t29-,30-,36+,38+,39-,40-,41+,42+,49?/m0/s1. The molecule has 8 N–H and O–H groups in total. The van der Waals surface area contributed by atoms with Gasteiger partial charge < -0.3 is 47.2 Å². The number of aliphatic hydroxyl groups is 1. The Morgan fingerprint density at radius 3 is 1.79 bits per heavy atom. The lowest BCUT2D eigenvalue weighted by Crippen LogP contribution is -2.61. The molecule has 2 fully saturated rings. The molecule has 0 spiro atoms. The highest BCUT2D eigenvalue weighted by Gasteiger charge is 2.45. The molecule has 1 unspecified atom stereocenters. The van der Waals surface area contributed by atoms with E-state index in [1.165, 1.54) is 0 Å². The summed E-state index contributed by atoms with van der Waals surface area (Å²) in [6.45, 7) is 16.0. The molecular weight excluding hydrogens is 851 g/mol. The van der Waals surface area contributed by atoms with Crippen molar-refractivity contribution in [1.29, 1.82) is 0 Å². The second-order valence-electron chi connectivity index (χ2n) is 21.3. The molecule has 2 aliphatic carbocycles. The van der Waals surface area contributed by atoms with Gasteiger partial charge in [-0.1, -0.05) is 65.8 Å². The number of amides is 6. The molecule has 6 amide bonds. The summed E-state index contributed by atoms with van der Waals surface area (Å²) in [6.07, 6.45) is 5.80. The first-order chi connectivity index (χ1) is 31.7. The number of carbonyl (C=O) groups is 6. The molecule has 16 nitrogen and oxygen atoms in total. The third kappa shape index (κ3) is 11.7. The Kier molecular flexibility index (Phi) is 16.6. The van der Waals surface area contributed by atoms with Gasteiger partial charge in [0.1, 0.15) is 18.3 Å². The van der Waals surface area contributed by atoms with Gasteiger partial charge in [0.05, 0.1) is 36.3 Å². The average Bonchev–Trinajstić information content (AvgIpc) is 4.00. The number of carbonyl (C=O) groups excluding carboxylic acids is 6. The molecule has 2 saturated heterocycles. The van der Waals surface area contributed by atoms with Crippen molar-refractivity contribution in [2.75, 3.05) is 32.5 Å². The zero-order chi connectivity index (χ0) is 49.0. The molecule has 2 aromatic rings. The lowest BCUT2D eigenvalue weighted by Gasteiger charge is -2.41. The molecule has 6 rings (SSSR count). The molecule has 16 heteroatoms. The third-order valence-corrected chi connectivity index (χ3v) is 14.5. The fourth-order valence-corrected chi connectivity index (χ4v) is 10.3. The van der Waals surface area contributed by atoms with E-state index in [0.717, 1.165) is 54.4 Å². The lowest BCUT2D eigenvalue weighted by atomic mass is 9.84. The number of rotatable bonds is 15. The van der Waals surface area contributed by atoms with Crippen LogP contribution in [0.4, 0.5) is 5.69 Å². The van der Waals surface area contributed by atoms with Gasteiger partial charge in [-0.15, -0.1) is 0 Å². The fourth-order valence-electron chi connectivity index (χ4n) is 10.3. The predicted octanol–water partition coefficient (Wildman–Crippen LogP) is 3.98. The van der Waals surface area contributed by atoms with Crippen molar-refractivity contribution < 1.29 is 33.9 Å². The number of likely N-dealkylation sites (N-methyl/N-ethyl adjacent to an activating group) is 2. The van der Waals surface area contributed by atoms with E-state index in [1.807, 2.05) is 82.8 Å². The highest BCUT2D eigenvalue weighted by molar-refractivity contribution is 6.06. The summed E-state index contributed by atoms with van der Waals surface area (Å²) in [7, 11) is 3.40. The third-order valence-electron chi connectivity index (χ3n) is 14.5. The molecule has 67 heavy (non-hydrogen) atoms. The molecule has 0 bridgehead atoms. The van der Waals surface area contributed by atoms with E-state index in [9.17, 15) is 33.9 Å². The van der Waals surface area contributed by atoms with Crippen LogP contribution in [0.25, 0.3) is 0 Å². The summed E-state index contributed by atoms with van der Waals surface area (Å²) >= 11 is 0. The molecule has 368 valence electrons. The minimum Gasteiger partial charge on any atom is -0.376 e. The number of anilines is 1.